The molecule has 4 aromatic rings. The number of methoxy groups -OCH3 is 1. The van der Waals surface area contributed by atoms with Crippen molar-refractivity contribution in [3.05, 3.63) is 78.0 Å². The SMILES string of the molecule is COc1cc2c(Oc3ccc(N4C(=O)CN(c5cccc(C(F)(F)F)c5)C4=O)cc3C(C)C)ccnc2cc1OCCCN1CCOCC1. The number of fused-ring (bicyclic) bond motifs is 1. The van der Waals surface area contributed by atoms with E-state index < -0.39 is 23.7 Å². The first kappa shape index (κ1) is 34.0. The van der Waals surface area contributed by atoms with Crippen molar-refractivity contribution in [1.82, 2.24) is 9.88 Å². The maximum Gasteiger partial charge on any atom is 0.416 e. The smallest absolute Gasteiger partial charge is 0.416 e. The Morgan fingerprint density at radius 3 is 2.45 bits per heavy atom. The highest BCUT2D eigenvalue weighted by Gasteiger charge is 2.39. The van der Waals surface area contributed by atoms with Gasteiger partial charge in [-0.2, -0.15) is 13.2 Å². The molecule has 0 unspecified atom stereocenters. The number of benzene rings is 3. The second-order valence-electron chi connectivity index (χ2n) is 12.1. The van der Waals surface area contributed by atoms with Gasteiger partial charge in [-0.05, 0) is 66.4 Å². The summed E-state index contributed by atoms with van der Waals surface area (Å²) in [6.07, 6.45) is -2.10. The maximum absolute atomic E-state index is 13.4. The molecule has 2 fully saturated rings. The molecule has 3 heterocycles. The van der Waals surface area contributed by atoms with Crippen molar-refractivity contribution in [2.24, 2.45) is 0 Å². The molecule has 3 amide bonds. The Morgan fingerprint density at radius 2 is 1.71 bits per heavy atom. The summed E-state index contributed by atoms with van der Waals surface area (Å²) in [6, 6.07) is 14.0. The number of morpholine rings is 1. The zero-order valence-electron chi connectivity index (χ0n) is 27.5. The van der Waals surface area contributed by atoms with Crippen LogP contribution in [0.15, 0.2) is 66.9 Å². The monoisotopic (exact) mass is 678 g/mol. The number of hydrogen-bond acceptors (Lipinski definition) is 8. The number of ether oxygens (including phenoxy) is 4. The van der Waals surface area contributed by atoms with Gasteiger partial charge in [-0.1, -0.05) is 19.9 Å². The van der Waals surface area contributed by atoms with Crippen LogP contribution in [0.1, 0.15) is 37.3 Å². The van der Waals surface area contributed by atoms with Gasteiger partial charge < -0.3 is 18.9 Å². The molecule has 3 aromatic carbocycles. The van der Waals surface area contributed by atoms with Crippen molar-refractivity contribution < 1.29 is 41.7 Å². The fraction of sp³-hybridized carbons (Fsp3) is 0.361. The second kappa shape index (κ2) is 14.3. The van der Waals surface area contributed by atoms with Gasteiger partial charge in [0.15, 0.2) is 11.5 Å². The van der Waals surface area contributed by atoms with E-state index in [0.717, 1.165) is 61.2 Å². The number of urea groups is 1. The Hall–Kier alpha value is -4.88. The number of pyridine rings is 1. The number of alkyl halides is 3. The van der Waals surface area contributed by atoms with Crippen molar-refractivity contribution in [3.63, 3.8) is 0 Å². The first-order valence-corrected chi connectivity index (χ1v) is 16.1. The van der Waals surface area contributed by atoms with Crippen LogP contribution in [0.2, 0.25) is 0 Å². The Kier molecular flexibility index (Phi) is 9.93. The van der Waals surface area contributed by atoms with Gasteiger partial charge >= 0.3 is 12.2 Å². The normalized spacial score (nSPS) is 15.8. The second-order valence-corrected chi connectivity index (χ2v) is 12.1. The predicted octanol–water partition coefficient (Wildman–Crippen LogP) is 7.25. The van der Waals surface area contributed by atoms with Crippen molar-refractivity contribution in [2.45, 2.75) is 32.4 Å². The fourth-order valence-corrected chi connectivity index (χ4v) is 5.93. The molecule has 0 aliphatic carbocycles. The summed E-state index contributed by atoms with van der Waals surface area (Å²) in [5.41, 5.74) is 0.732. The molecule has 258 valence electrons. The summed E-state index contributed by atoms with van der Waals surface area (Å²) >= 11 is 0. The highest BCUT2D eigenvalue weighted by atomic mass is 19.4. The Bertz CT molecular complexity index is 1840. The van der Waals surface area contributed by atoms with Crippen LogP contribution in [0, 0.1) is 0 Å². The standard InChI is InChI=1S/C36H37F3N4O6/c1-23(2)27-19-26(43-34(44)22-42(35(43)45)25-7-4-6-24(18-25)36(37,38)39)8-9-30(27)49-31-10-11-40-29-21-33(32(46-3)20-28(29)31)48-15-5-12-41-13-16-47-17-14-41/h4,6-11,18-21,23H,5,12-17,22H2,1-3H3. The lowest BCUT2D eigenvalue weighted by Crippen LogP contribution is -2.37. The van der Waals surface area contributed by atoms with E-state index in [-0.39, 0.29) is 23.8 Å². The van der Waals surface area contributed by atoms with E-state index >= 15 is 0 Å². The number of nitrogens with zero attached hydrogens (tertiary/aromatic N) is 4. The van der Waals surface area contributed by atoms with Gasteiger partial charge in [0.1, 0.15) is 18.0 Å². The Labute approximate surface area is 281 Å². The number of imide groups is 1. The lowest BCUT2D eigenvalue weighted by Gasteiger charge is -2.26. The number of carbonyl (C=O) groups excluding carboxylic acids is 2. The summed E-state index contributed by atoms with van der Waals surface area (Å²) in [7, 11) is 1.57. The fourth-order valence-electron chi connectivity index (χ4n) is 5.93. The molecule has 49 heavy (non-hydrogen) atoms. The molecule has 10 nitrogen and oxygen atoms in total. The van der Waals surface area contributed by atoms with Crippen molar-refractivity contribution in [2.75, 3.05) is 62.9 Å². The average Bonchev–Trinajstić information content (AvgIpc) is 3.39. The molecular formula is C36H37F3N4O6. The van der Waals surface area contributed by atoms with Crippen molar-refractivity contribution in [3.8, 4) is 23.0 Å². The van der Waals surface area contributed by atoms with Crippen LogP contribution in [-0.2, 0) is 15.7 Å². The predicted molar refractivity (Wildman–Crippen MR) is 178 cm³/mol. The summed E-state index contributed by atoms with van der Waals surface area (Å²) in [6.45, 7) is 8.28. The van der Waals surface area contributed by atoms with Crippen LogP contribution in [0.25, 0.3) is 10.9 Å². The topological polar surface area (TPSA) is 93.7 Å². The van der Waals surface area contributed by atoms with E-state index in [0.29, 0.717) is 46.1 Å². The molecule has 0 spiro atoms. The Balaban J connectivity index is 1.21. The molecule has 0 bridgehead atoms. The van der Waals surface area contributed by atoms with Crippen molar-refractivity contribution >= 4 is 34.2 Å². The highest BCUT2D eigenvalue weighted by Crippen LogP contribution is 2.40. The number of amides is 3. The minimum Gasteiger partial charge on any atom is -0.493 e. The van der Waals surface area contributed by atoms with Gasteiger partial charge in [0.25, 0.3) is 5.91 Å². The molecule has 0 N–H and O–H groups in total. The summed E-state index contributed by atoms with van der Waals surface area (Å²) in [5.74, 6) is 1.49. The summed E-state index contributed by atoms with van der Waals surface area (Å²) in [4.78, 5) is 35.4. The molecule has 2 aliphatic heterocycles. The first-order valence-electron chi connectivity index (χ1n) is 16.1. The van der Waals surface area contributed by atoms with Crippen LogP contribution < -0.4 is 24.0 Å². The number of halogens is 3. The lowest BCUT2D eigenvalue weighted by atomic mass is 10.0. The van der Waals surface area contributed by atoms with Crippen molar-refractivity contribution in [1.29, 1.82) is 0 Å². The van der Waals surface area contributed by atoms with E-state index in [2.05, 4.69) is 9.88 Å². The number of carbonyl (C=O) groups is 2. The average molecular weight is 679 g/mol. The quantitative estimate of drug-likeness (QED) is 0.121. The van der Waals surface area contributed by atoms with Gasteiger partial charge in [-0.25, -0.2) is 9.69 Å². The molecule has 13 heteroatoms. The van der Waals surface area contributed by atoms with E-state index in [1.807, 2.05) is 26.0 Å². The van der Waals surface area contributed by atoms with E-state index in [1.165, 1.54) is 12.1 Å². The molecule has 2 saturated heterocycles. The third-order valence-corrected chi connectivity index (χ3v) is 8.51. The van der Waals surface area contributed by atoms with Gasteiger partial charge in [-0.15, -0.1) is 0 Å². The molecular weight excluding hydrogens is 641 g/mol. The molecule has 0 atom stereocenters. The minimum atomic E-state index is -4.59. The number of hydrogen-bond donors (Lipinski definition) is 0. The minimum absolute atomic E-state index is 0.0127. The molecule has 6 rings (SSSR count). The molecule has 1 aromatic heterocycles. The van der Waals surface area contributed by atoms with Gasteiger partial charge in [-0.3, -0.25) is 19.6 Å². The van der Waals surface area contributed by atoms with Crippen LogP contribution in [-0.4, -0.2) is 74.9 Å². The highest BCUT2D eigenvalue weighted by molar-refractivity contribution is 6.27. The largest absolute Gasteiger partial charge is 0.493 e. The van der Waals surface area contributed by atoms with E-state index in [1.54, 1.807) is 37.6 Å². The molecule has 2 aliphatic rings. The van der Waals surface area contributed by atoms with Crippen LogP contribution in [0.4, 0.5) is 29.3 Å². The Morgan fingerprint density at radius 1 is 0.918 bits per heavy atom. The van der Waals surface area contributed by atoms with Crippen LogP contribution in [0.5, 0.6) is 23.0 Å². The van der Waals surface area contributed by atoms with Gasteiger partial charge in [0.2, 0.25) is 0 Å². The molecule has 0 radical (unpaired) electrons. The third-order valence-electron chi connectivity index (χ3n) is 8.51. The van der Waals surface area contributed by atoms with E-state index in [9.17, 15) is 22.8 Å². The van der Waals surface area contributed by atoms with Gasteiger partial charge in [0.05, 0.1) is 43.7 Å². The molecule has 0 saturated carbocycles. The van der Waals surface area contributed by atoms with Crippen LogP contribution >= 0.6 is 0 Å². The zero-order valence-corrected chi connectivity index (χ0v) is 27.5. The number of rotatable bonds is 11. The van der Waals surface area contributed by atoms with Crippen LogP contribution in [0.3, 0.4) is 0 Å². The maximum atomic E-state index is 13.4. The first-order chi connectivity index (χ1) is 23.5. The number of aromatic nitrogens is 1. The summed E-state index contributed by atoms with van der Waals surface area (Å²) < 4.78 is 63.6. The third kappa shape index (κ3) is 7.42. The zero-order chi connectivity index (χ0) is 34.7. The lowest BCUT2D eigenvalue weighted by molar-refractivity contribution is -0.137. The van der Waals surface area contributed by atoms with Gasteiger partial charge in [0, 0.05) is 43.0 Å². The van der Waals surface area contributed by atoms with E-state index in [4.69, 9.17) is 18.9 Å². The summed E-state index contributed by atoms with van der Waals surface area (Å²) in [5, 5.41) is 0.695. The number of anilines is 2.